The molecule has 1 aromatic heterocycles. The maximum absolute atomic E-state index is 12.5. The van der Waals surface area contributed by atoms with Crippen molar-refractivity contribution in [2.45, 2.75) is 31.6 Å². The van der Waals surface area contributed by atoms with Gasteiger partial charge in [0, 0.05) is 25.5 Å². The van der Waals surface area contributed by atoms with Crippen LogP contribution in [0.1, 0.15) is 18.4 Å². The van der Waals surface area contributed by atoms with Gasteiger partial charge in [0.25, 0.3) is 0 Å². The van der Waals surface area contributed by atoms with Gasteiger partial charge in [-0.2, -0.15) is 13.2 Å². The summed E-state index contributed by atoms with van der Waals surface area (Å²) in [4.78, 5) is 27.7. The number of pyridine rings is 1. The van der Waals surface area contributed by atoms with Crippen LogP contribution in [-0.4, -0.2) is 40.5 Å². The molecular formula is C13H14F3N3O2. The molecule has 1 aliphatic heterocycles. The van der Waals surface area contributed by atoms with E-state index in [2.05, 4.69) is 10.3 Å². The normalized spacial score (nSPS) is 18.6. The Morgan fingerprint density at radius 3 is 2.81 bits per heavy atom. The Labute approximate surface area is 119 Å². The van der Waals surface area contributed by atoms with Gasteiger partial charge < -0.3 is 10.2 Å². The fraction of sp³-hybridized carbons (Fsp3) is 0.462. The predicted molar refractivity (Wildman–Crippen MR) is 66.9 cm³/mol. The van der Waals surface area contributed by atoms with Crippen LogP contribution in [0, 0.1) is 0 Å². The largest absolute Gasteiger partial charge is 0.471 e. The molecule has 1 atom stereocenters. The zero-order valence-electron chi connectivity index (χ0n) is 11.1. The first-order valence-corrected chi connectivity index (χ1v) is 6.44. The average Bonchev–Trinajstić information content (AvgIpc) is 2.93. The van der Waals surface area contributed by atoms with Crippen LogP contribution in [0.15, 0.2) is 24.5 Å². The lowest BCUT2D eigenvalue weighted by Crippen LogP contribution is -2.50. The Balaban J connectivity index is 1.96. The highest BCUT2D eigenvalue weighted by atomic mass is 19.4. The van der Waals surface area contributed by atoms with Gasteiger partial charge in [0.05, 0.1) is 0 Å². The molecule has 8 heteroatoms. The minimum Gasteiger partial charge on any atom is -0.350 e. The van der Waals surface area contributed by atoms with Gasteiger partial charge in [-0.1, -0.05) is 6.07 Å². The molecule has 114 valence electrons. The molecule has 0 bridgehead atoms. The van der Waals surface area contributed by atoms with Crippen LogP contribution in [0.25, 0.3) is 0 Å². The summed E-state index contributed by atoms with van der Waals surface area (Å²) >= 11 is 0. The highest BCUT2D eigenvalue weighted by molar-refractivity contribution is 5.90. The van der Waals surface area contributed by atoms with Crippen molar-refractivity contribution in [1.29, 1.82) is 0 Å². The second-order valence-corrected chi connectivity index (χ2v) is 4.73. The molecule has 1 unspecified atom stereocenters. The highest BCUT2D eigenvalue weighted by Crippen LogP contribution is 2.25. The Kier molecular flexibility index (Phi) is 4.44. The summed E-state index contributed by atoms with van der Waals surface area (Å²) in [5.41, 5.74) is 0.734. The minimum atomic E-state index is -4.95. The highest BCUT2D eigenvalue weighted by Gasteiger charge is 2.47. The summed E-state index contributed by atoms with van der Waals surface area (Å²) < 4.78 is 37.4. The van der Waals surface area contributed by atoms with Gasteiger partial charge in [0.2, 0.25) is 5.91 Å². The molecule has 2 amide bonds. The Morgan fingerprint density at radius 1 is 1.43 bits per heavy atom. The first-order valence-electron chi connectivity index (χ1n) is 6.44. The van der Waals surface area contributed by atoms with E-state index < -0.39 is 24.0 Å². The topological polar surface area (TPSA) is 62.3 Å². The van der Waals surface area contributed by atoms with E-state index in [1.165, 1.54) is 0 Å². The number of carbonyl (C=O) groups is 2. The van der Waals surface area contributed by atoms with Gasteiger partial charge in [-0.05, 0) is 24.5 Å². The number of amides is 2. The van der Waals surface area contributed by atoms with Gasteiger partial charge in [0.1, 0.15) is 6.04 Å². The van der Waals surface area contributed by atoms with Crippen molar-refractivity contribution >= 4 is 11.8 Å². The molecule has 1 saturated heterocycles. The molecule has 1 fully saturated rings. The monoisotopic (exact) mass is 301 g/mol. The van der Waals surface area contributed by atoms with Crippen LogP contribution in [0.4, 0.5) is 13.2 Å². The number of nitrogens with zero attached hydrogens (tertiary/aromatic N) is 2. The fourth-order valence-corrected chi connectivity index (χ4v) is 2.25. The predicted octanol–water partition coefficient (Wildman–Crippen LogP) is 1.25. The Bertz CT molecular complexity index is 519. The summed E-state index contributed by atoms with van der Waals surface area (Å²) in [6.45, 7) is 0.112. The Hall–Kier alpha value is -2.12. The van der Waals surface area contributed by atoms with Crippen LogP contribution in [0.3, 0.4) is 0 Å². The lowest BCUT2D eigenvalue weighted by atomic mass is 10.2. The quantitative estimate of drug-likeness (QED) is 0.914. The van der Waals surface area contributed by atoms with Crippen LogP contribution < -0.4 is 5.32 Å². The smallest absolute Gasteiger partial charge is 0.350 e. The maximum atomic E-state index is 12.5. The summed E-state index contributed by atoms with van der Waals surface area (Å²) in [5, 5.41) is 2.54. The number of hydrogen-bond donors (Lipinski definition) is 1. The van der Waals surface area contributed by atoms with Crippen LogP contribution in [-0.2, 0) is 16.1 Å². The molecule has 0 aromatic carbocycles. The number of halogens is 3. The number of rotatable bonds is 3. The van der Waals surface area contributed by atoms with E-state index in [4.69, 9.17) is 0 Å². The second-order valence-electron chi connectivity index (χ2n) is 4.73. The third-order valence-corrected chi connectivity index (χ3v) is 3.25. The lowest BCUT2D eigenvalue weighted by Gasteiger charge is -2.24. The molecule has 1 N–H and O–H groups in total. The van der Waals surface area contributed by atoms with Gasteiger partial charge in [0.15, 0.2) is 0 Å². The van der Waals surface area contributed by atoms with Gasteiger partial charge in [-0.25, -0.2) is 0 Å². The van der Waals surface area contributed by atoms with Crippen LogP contribution in [0.5, 0.6) is 0 Å². The van der Waals surface area contributed by atoms with Crippen molar-refractivity contribution < 1.29 is 22.8 Å². The SMILES string of the molecule is O=C(NCc1cccnc1)C1CCCN1C(=O)C(F)(F)F. The Morgan fingerprint density at radius 2 is 2.19 bits per heavy atom. The molecule has 0 radical (unpaired) electrons. The average molecular weight is 301 g/mol. The summed E-state index contributed by atoms with van der Waals surface area (Å²) in [7, 11) is 0. The van der Waals surface area contributed by atoms with Crippen LogP contribution >= 0.6 is 0 Å². The van der Waals surface area contributed by atoms with Crippen molar-refractivity contribution in [3.63, 3.8) is 0 Å². The maximum Gasteiger partial charge on any atom is 0.471 e. The molecule has 21 heavy (non-hydrogen) atoms. The number of carbonyl (C=O) groups excluding carboxylic acids is 2. The van der Waals surface area contributed by atoms with Gasteiger partial charge >= 0.3 is 12.1 Å². The lowest BCUT2D eigenvalue weighted by molar-refractivity contribution is -0.186. The van der Waals surface area contributed by atoms with E-state index in [9.17, 15) is 22.8 Å². The standard InChI is InChI=1S/C13H14F3N3O2/c14-13(15,16)12(21)19-6-2-4-10(19)11(20)18-8-9-3-1-5-17-7-9/h1,3,5,7,10H,2,4,6,8H2,(H,18,20). The number of alkyl halides is 3. The van der Waals surface area contributed by atoms with E-state index in [1.807, 2.05) is 0 Å². The minimum absolute atomic E-state index is 0.0523. The van der Waals surface area contributed by atoms with Crippen molar-refractivity contribution in [1.82, 2.24) is 15.2 Å². The molecular weight excluding hydrogens is 287 g/mol. The molecule has 1 aromatic rings. The zero-order chi connectivity index (χ0) is 15.5. The first-order chi connectivity index (χ1) is 9.89. The third-order valence-electron chi connectivity index (χ3n) is 3.25. The molecule has 5 nitrogen and oxygen atoms in total. The summed E-state index contributed by atoms with van der Waals surface area (Å²) in [5.74, 6) is -2.53. The first kappa shape index (κ1) is 15.3. The van der Waals surface area contributed by atoms with Gasteiger partial charge in [-0.15, -0.1) is 0 Å². The molecule has 2 rings (SSSR count). The molecule has 2 heterocycles. The number of hydrogen-bond acceptors (Lipinski definition) is 3. The van der Waals surface area contributed by atoms with Gasteiger partial charge in [-0.3, -0.25) is 14.6 Å². The third kappa shape index (κ3) is 3.71. The van der Waals surface area contributed by atoms with Crippen molar-refractivity contribution in [3.8, 4) is 0 Å². The molecule has 0 saturated carbocycles. The van der Waals surface area contributed by atoms with Crippen molar-refractivity contribution in [2.75, 3.05) is 6.54 Å². The molecule has 0 spiro atoms. The number of aromatic nitrogens is 1. The number of likely N-dealkylation sites (tertiary alicyclic amines) is 1. The fourth-order valence-electron chi connectivity index (χ4n) is 2.25. The van der Waals surface area contributed by atoms with E-state index in [0.29, 0.717) is 11.3 Å². The summed E-state index contributed by atoms with van der Waals surface area (Å²) in [6, 6.07) is 2.37. The van der Waals surface area contributed by atoms with Crippen LogP contribution in [0.2, 0.25) is 0 Å². The summed E-state index contributed by atoms with van der Waals surface area (Å²) in [6.07, 6.45) is -1.21. The van der Waals surface area contributed by atoms with Crippen molar-refractivity contribution in [3.05, 3.63) is 30.1 Å². The molecule has 1 aliphatic rings. The molecule has 0 aliphatic carbocycles. The number of nitrogens with one attached hydrogen (secondary N) is 1. The van der Waals surface area contributed by atoms with E-state index in [-0.39, 0.29) is 19.5 Å². The van der Waals surface area contributed by atoms with E-state index >= 15 is 0 Å². The van der Waals surface area contributed by atoms with E-state index in [1.54, 1.807) is 24.5 Å². The second kappa shape index (κ2) is 6.11. The van der Waals surface area contributed by atoms with E-state index in [0.717, 1.165) is 5.56 Å². The van der Waals surface area contributed by atoms with Crippen molar-refractivity contribution in [2.24, 2.45) is 0 Å². The zero-order valence-corrected chi connectivity index (χ0v) is 11.1.